The number of piperidine rings is 1. The van der Waals surface area contributed by atoms with E-state index in [0.717, 1.165) is 35.9 Å². The van der Waals surface area contributed by atoms with Gasteiger partial charge in [0.05, 0.1) is 0 Å². The Labute approximate surface area is 135 Å². The van der Waals surface area contributed by atoms with Gasteiger partial charge >= 0.3 is 0 Å². The summed E-state index contributed by atoms with van der Waals surface area (Å²) in [5.41, 5.74) is 1.97. The van der Waals surface area contributed by atoms with Gasteiger partial charge in [-0.2, -0.15) is 5.10 Å². The maximum Gasteiger partial charge on any atom is 0.183 e. The molecule has 0 spiro atoms. The molecule has 1 aliphatic heterocycles. The van der Waals surface area contributed by atoms with Crippen molar-refractivity contribution in [1.29, 1.82) is 0 Å². The Morgan fingerprint density at radius 1 is 0.870 bits per heavy atom. The molecule has 1 aliphatic rings. The zero-order valence-corrected chi connectivity index (χ0v) is 12.9. The van der Waals surface area contributed by atoms with Crippen LogP contribution in [0.5, 0.6) is 0 Å². The minimum Gasteiger partial charge on any atom is -0.357 e. The molecule has 23 heavy (non-hydrogen) atoms. The lowest BCUT2D eigenvalue weighted by Gasteiger charge is -2.27. The highest BCUT2D eigenvalue weighted by atomic mass is 15.2. The number of rotatable bonds is 3. The summed E-state index contributed by atoms with van der Waals surface area (Å²) in [5.74, 6) is 2.51. The van der Waals surface area contributed by atoms with Gasteiger partial charge in [0.25, 0.3) is 0 Å². The molecule has 0 saturated carbocycles. The molecule has 1 aromatic carbocycles. The van der Waals surface area contributed by atoms with Gasteiger partial charge in [0.1, 0.15) is 5.82 Å². The second-order valence-corrected chi connectivity index (χ2v) is 5.83. The third kappa shape index (κ3) is 2.95. The van der Waals surface area contributed by atoms with Crippen LogP contribution in [0.15, 0.2) is 48.7 Å². The first-order valence-corrected chi connectivity index (χ1v) is 8.09. The van der Waals surface area contributed by atoms with E-state index in [9.17, 15) is 0 Å². The largest absolute Gasteiger partial charge is 0.357 e. The van der Waals surface area contributed by atoms with Crippen LogP contribution >= 0.6 is 0 Å². The van der Waals surface area contributed by atoms with Crippen LogP contribution in [0.4, 0.5) is 5.82 Å². The second kappa shape index (κ2) is 6.20. The molecule has 1 saturated heterocycles. The van der Waals surface area contributed by atoms with Crippen LogP contribution < -0.4 is 4.90 Å². The molecule has 5 nitrogen and oxygen atoms in total. The number of hydrogen-bond acceptors (Lipinski definition) is 4. The molecule has 0 amide bonds. The molecule has 2 aromatic heterocycles. The molecule has 0 unspecified atom stereocenters. The summed E-state index contributed by atoms with van der Waals surface area (Å²) >= 11 is 0. The van der Waals surface area contributed by atoms with Crippen molar-refractivity contribution in [3.05, 3.63) is 48.7 Å². The fraction of sp³-hybridized carbons (Fsp3) is 0.278. The minimum atomic E-state index is 0.682. The van der Waals surface area contributed by atoms with Gasteiger partial charge in [0, 0.05) is 30.4 Å². The number of nitrogens with zero attached hydrogens (tertiary/aromatic N) is 4. The number of pyridine rings is 1. The van der Waals surface area contributed by atoms with Gasteiger partial charge in [-0.25, -0.2) is 9.97 Å². The molecular formula is C18H19N5. The summed E-state index contributed by atoms with van der Waals surface area (Å²) in [4.78, 5) is 11.5. The molecule has 0 radical (unpaired) electrons. The van der Waals surface area contributed by atoms with E-state index < -0.39 is 0 Å². The maximum absolute atomic E-state index is 4.59. The summed E-state index contributed by atoms with van der Waals surface area (Å²) in [6.07, 6.45) is 5.70. The monoisotopic (exact) mass is 305 g/mol. The van der Waals surface area contributed by atoms with Gasteiger partial charge in [-0.15, -0.1) is 0 Å². The highest BCUT2D eigenvalue weighted by Crippen LogP contribution is 2.22. The van der Waals surface area contributed by atoms with Crippen LogP contribution in [0, 0.1) is 0 Å². The van der Waals surface area contributed by atoms with Gasteiger partial charge in [0.15, 0.2) is 11.6 Å². The maximum atomic E-state index is 4.59. The lowest BCUT2D eigenvalue weighted by molar-refractivity contribution is 0.573. The van der Waals surface area contributed by atoms with E-state index in [4.69, 9.17) is 0 Å². The fourth-order valence-electron chi connectivity index (χ4n) is 2.94. The van der Waals surface area contributed by atoms with Crippen molar-refractivity contribution in [3.63, 3.8) is 0 Å². The topological polar surface area (TPSA) is 57.7 Å². The molecule has 4 rings (SSSR count). The molecule has 116 valence electrons. The number of nitrogens with one attached hydrogen (secondary N) is 1. The Morgan fingerprint density at radius 2 is 1.70 bits per heavy atom. The van der Waals surface area contributed by atoms with E-state index in [1.54, 1.807) is 0 Å². The van der Waals surface area contributed by atoms with Gasteiger partial charge in [-0.05, 0) is 31.4 Å². The van der Waals surface area contributed by atoms with Crippen molar-refractivity contribution >= 4 is 5.82 Å². The molecule has 3 heterocycles. The molecule has 1 N–H and O–H groups in total. The molecule has 5 heteroatoms. The summed E-state index contributed by atoms with van der Waals surface area (Å²) in [7, 11) is 0. The first-order valence-electron chi connectivity index (χ1n) is 8.09. The SMILES string of the molecule is c1ccc(-c2nc(-c3ccc(N4CCCCC4)nc3)n[nH]2)cc1. The van der Waals surface area contributed by atoms with Crippen molar-refractivity contribution in [2.24, 2.45) is 0 Å². The average Bonchev–Trinajstić information content (AvgIpc) is 3.14. The van der Waals surface area contributed by atoms with E-state index in [2.05, 4.69) is 37.2 Å². The summed E-state index contributed by atoms with van der Waals surface area (Å²) in [5, 5.41) is 7.31. The van der Waals surface area contributed by atoms with E-state index in [-0.39, 0.29) is 0 Å². The molecule has 0 aliphatic carbocycles. The highest BCUT2D eigenvalue weighted by Gasteiger charge is 2.13. The second-order valence-electron chi connectivity index (χ2n) is 5.83. The van der Waals surface area contributed by atoms with E-state index >= 15 is 0 Å². The number of anilines is 1. The normalized spacial score (nSPS) is 14.9. The van der Waals surface area contributed by atoms with Gasteiger partial charge in [-0.3, -0.25) is 5.10 Å². The van der Waals surface area contributed by atoms with Gasteiger partial charge < -0.3 is 4.90 Å². The zero-order chi connectivity index (χ0) is 15.5. The van der Waals surface area contributed by atoms with Gasteiger partial charge in [-0.1, -0.05) is 30.3 Å². The van der Waals surface area contributed by atoms with Crippen LogP contribution in [-0.4, -0.2) is 33.3 Å². The first kappa shape index (κ1) is 13.9. The predicted molar refractivity (Wildman–Crippen MR) is 91.1 cm³/mol. The lowest BCUT2D eigenvalue weighted by Crippen LogP contribution is -2.29. The zero-order valence-electron chi connectivity index (χ0n) is 12.9. The van der Waals surface area contributed by atoms with Crippen molar-refractivity contribution in [1.82, 2.24) is 20.2 Å². The van der Waals surface area contributed by atoms with Crippen LogP contribution in [0.3, 0.4) is 0 Å². The number of hydrogen-bond donors (Lipinski definition) is 1. The predicted octanol–water partition coefficient (Wildman–Crippen LogP) is 3.52. The Balaban J connectivity index is 1.55. The molecule has 3 aromatic rings. The Hall–Kier alpha value is -2.69. The number of benzene rings is 1. The fourth-order valence-corrected chi connectivity index (χ4v) is 2.94. The Kier molecular flexibility index (Phi) is 3.76. The number of aromatic amines is 1. The van der Waals surface area contributed by atoms with Crippen molar-refractivity contribution in [3.8, 4) is 22.8 Å². The van der Waals surface area contributed by atoms with E-state index in [1.807, 2.05) is 36.5 Å². The lowest BCUT2D eigenvalue weighted by atomic mass is 10.1. The third-order valence-electron chi connectivity index (χ3n) is 4.22. The van der Waals surface area contributed by atoms with Crippen LogP contribution in [0.2, 0.25) is 0 Å². The smallest absolute Gasteiger partial charge is 0.183 e. The molecular weight excluding hydrogens is 286 g/mol. The van der Waals surface area contributed by atoms with E-state index in [1.165, 1.54) is 19.3 Å². The van der Waals surface area contributed by atoms with Crippen LogP contribution in [0.1, 0.15) is 19.3 Å². The standard InChI is InChI=1S/C18H19N5/c1-3-7-14(8-4-1)17-20-18(22-21-17)15-9-10-16(19-13-15)23-11-5-2-6-12-23/h1,3-4,7-10,13H,2,5-6,11-12H2,(H,20,21,22). The van der Waals surface area contributed by atoms with E-state index in [0.29, 0.717) is 5.82 Å². The molecule has 1 fully saturated rings. The summed E-state index contributed by atoms with van der Waals surface area (Å²) < 4.78 is 0. The van der Waals surface area contributed by atoms with Crippen LogP contribution in [0.25, 0.3) is 22.8 Å². The molecule has 0 atom stereocenters. The Morgan fingerprint density at radius 3 is 2.43 bits per heavy atom. The Bertz CT molecular complexity index is 758. The third-order valence-corrected chi connectivity index (χ3v) is 4.22. The number of aromatic nitrogens is 4. The first-order chi connectivity index (χ1) is 11.4. The van der Waals surface area contributed by atoms with Crippen molar-refractivity contribution in [2.45, 2.75) is 19.3 Å². The summed E-state index contributed by atoms with van der Waals surface area (Å²) in [6, 6.07) is 14.1. The van der Waals surface area contributed by atoms with Crippen LogP contribution in [-0.2, 0) is 0 Å². The van der Waals surface area contributed by atoms with Crippen molar-refractivity contribution < 1.29 is 0 Å². The number of H-pyrrole nitrogens is 1. The average molecular weight is 305 g/mol. The quantitative estimate of drug-likeness (QED) is 0.804. The van der Waals surface area contributed by atoms with Gasteiger partial charge in [0.2, 0.25) is 0 Å². The minimum absolute atomic E-state index is 0.682. The molecule has 0 bridgehead atoms. The van der Waals surface area contributed by atoms with Crippen molar-refractivity contribution in [2.75, 3.05) is 18.0 Å². The highest BCUT2D eigenvalue weighted by molar-refractivity contribution is 5.61. The summed E-state index contributed by atoms with van der Waals surface area (Å²) in [6.45, 7) is 2.20.